The number of amides is 2. The third-order valence-electron chi connectivity index (χ3n) is 1.09. The Labute approximate surface area is 75.5 Å². The smallest absolute Gasteiger partial charge is 0.358 e. The molecule has 0 saturated heterocycles. The summed E-state index contributed by atoms with van der Waals surface area (Å²) < 4.78 is 0. The third-order valence-corrected chi connectivity index (χ3v) is 1.09. The fraction of sp³-hybridized carbons (Fsp3) is 0.429. The van der Waals surface area contributed by atoms with E-state index in [0.29, 0.717) is 5.06 Å². The van der Waals surface area contributed by atoms with Crippen LogP contribution in [0.1, 0.15) is 13.8 Å². The summed E-state index contributed by atoms with van der Waals surface area (Å²) in [6.45, 7) is 5.93. The van der Waals surface area contributed by atoms with Crippen LogP contribution in [0.3, 0.4) is 0 Å². The van der Waals surface area contributed by atoms with Crippen LogP contribution in [0.2, 0.25) is 0 Å². The monoisotopic (exact) mass is 188 g/mol. The van der Waals surface area contributed by atoms with Crippen molar-refractivity contribution in [2.24, 2.45) is 5.73 Å². The van der Waals surface area contributed by atoms with Crippen LogP contribution in [0.15, 0.2) is 12.2 Å². The highest BCUT2D eigenvalue weighted by molar-refractivity contribution is 5.87. The van der Waals surface area contributed by atoms with Crippen molar-refractivity contribution in [1.82, 2.24) is 5.06 Å². The number of hydroxylamine groups is 2. The maximum absolute atomic E-state index is 10.9. The molecule has 6 nitrogen and oxygen atoms in total. The summed E-state index contributed by atoms with van der Waals surface area (Å²) in [4.78, 5) is 25.9. The van der Waals surface area contributed by atoms with E-state index in [1.807, 2.05) is 0 Å². The Bertz CT molecular complexity index is 237. The van der Waals surface area contributed by atoms with Crippen LogP contribution >= 0.6 is 0 Å². The van der Waals surface area contributed by atoms with Gasteiger partial charge >= 0.3 is 12.0 Å². The zero-order valence-corrected chi connectivity index (χ0v) is 7.48. The first-order valence-electron chi connectivity index (χ1n) is 3.50. The number of nitrogens with two attached hydrogens (primary N) is 1. The van der Waals surface area contributed by atoms with Gasteiger partial charge in [0.15, 0.2) is 6.23 Å². The van der Waals surface area contributed by atoms with Gasteiger partial charge in [-0.1, -0.05) is 6.58 Å². The summed E-state index contributed by atoms with van der Waals surface area (Å²) in [5.41, 5.74) is 4.91. The topological polar surface area (TPSA) is 92.9 Å². The largest absolute Gasteiger partial charge is 0.370 e. The van der Waals surface area contributed by atoms with Crippen LogP contribution in [0.5, 0.6) is 0 Å². The van der Waals surface area contributed by atoms with Gasteiger partial charge in [-0.05, 0) is 13.8 Å². The van der Waals surface area contributed by atoms with Gasteiger partial charge in [0.05, 0.1) is 0 Å². The summed E-state index contributed by atoms with van der Waals surface area (Å²) in [5, 5.41) is 9.29. The number of hydrogen-bond acceptors (Lipinski definition) is 4. The number of primary amides is 1. The lowest BCUT2D eigenvalue weighted by molar-refractivity contribution is -0.199. The summed E-state index contributed by atoms with van der Waals surface area (Å²) >= 11 is 0. The van der Waals surface area contributed by atoms with Crippen LogP contribution in [-0.4, -0.2) is 28.4 Å². The number of carbonyl (C=O) groups is 2. The van der Waals surface area contributed by atoms with Gasteiger partial charge in [-0.25, -0.2) is 9.59 Å². The molecule has 6 heteroatoms. The summed E-state index contributed by atoms with van der Waals surface area (Å²) in [6.07, 6.45) is -1.29. The Morgan fingerprint density at radius 3 is 2.31 bits per heavy atom. The first kappa shape index (κ1) is 11.4. The second-order valence-corrected chi connectivity index (χ2v) is 2.45. The molecule has 13 heavy (non-hydrogen) atoms. The van der Waals surface area contributed by atoms with Crippen molar-refractivity contribution in [3.63, 3.8) is 0 Å². The summed E-state index contributed by atoms with van der Waals surface area (Å²) in [5.74, 6) is -0.820. The van der Waals surface area contributed by atoms with Crippen LogP contribution in [0.25, 0.3) is 0 Å². The molecule has 0 aromatic carbocycles. The van der Waals surface area contributed by atoms with Gasteiger partial charge in [0.25, 0.3) is 0 Å². The number of hydrogen-bond donors (Lipinski definition) is 2. The van der Waals surface area contributed by atoms with E-state index in [-0.39, 0.29) is 5.57 Å². The number of aliphatic hydroxyl groups excluding tert-OH is 1. The lowest BCUT2D eigenvalue weighted by atomic mass is 10.4. The fourth-order valence-corrected chi connectivity index (χ4v) is 0.473. The molecule has 0 bridgehead atoms. The molecule has 2 amide bonds. The molecule has 1 atom stereocenters. The normalized spacial score (nSPS) is 11.6. The van der Waals surface area contributed by atoms with Crippen molar-refractivity contribution in [3.8, 4) is 0 Å². The zero-order chi connectivity index (χ0) is 10.6. The van der Waals surface area contributed by atoms with E-state index in [1.54, 1.807) is 0 Å². The van der Waals surface area contributed by atoms with Crippen LogP contribution < -0.4 is 5.73 Å². The second-order valence-electron chi connectivity index (χ2n) is 2.45. The lowest BCUT2D eigenvalue weighted by Crippen LogP contribution is -2.43. The Balaban J connectivity index is 4.36. The van der Waals surface area contributed by atoms with Gasteiger partial charge in [-0.3, -0.25) is 0 Å². The number of nitrogens with zero attached hydrogens (tertiary/aromatic N) is 1. The van der Waals surface area contributed by atoms with Crippen molar-refractivity contribution in [2.75, 3.05) is 0 Å². The maximum Gasteiger partial charge on any atom is 0.358 e. The van der Waals surface area contributed by atoms with Gasteiger partial charge in [0, 0.05) is 5.57 Å². The fourth-order valence-electron chi connectivity index (χ4n) is 0.473. The Kier molecular flexibility index (Phi) is 3.93. The Hall–Kier alpha value is -1.56. The van der Waals surface area contributed by atoms with Crippen molar-refractivity contribution in [2.45, 2.75) is 20.1 Å². The number of urea groups is 1. The average molecular weight is 188 g/mol. The van der Waals surface area contributed by atoms with E-state index in [2.05, 4.69) is 11.4 Å². The molecule has 3 N–H and O–H groups in total. The van der Waals surface area contributed by atoms with Crippen LogP contribution in [-0.2, 0) is 9.63 Å². The van der Waals surface area contributed by atoms with Gasteiger partial charge < -0.3 is 15.7 Å². The third kappa shape index (κ3) is 3.57. The number of aliphatic hydroxyl groups is 1. The minimum Gasteiger partial charge on any atom is -0.370 e. The van der Waals surface area contributed by atoms with Crippen molar-refractivity contribution < 1.29 is 19.5 Å². The molecule has 0 saturated carbocycles. The molecular weight excluding hydrogens is 176 g/mol. The predicted octanol–water partition coefficient (Wildman–Crippen LogP) is -0.260. The molecule has 0 rings (SSSR count). The molecule has 0 fully saturated rings. The van der Waals surface area contributed by atoms with Gasteiger partial charge in [0.2, 0.25) is 0 Å². The predicted molar refractivity (Wildman–Crippen MR) is 44.0 cm³/mol. The Morgan fingerprint density at radius 1 is 1.62 bits per heavy atom. The van der Waals surface area contributed by atoms with E-state index >= 15 is 0 Å². The molecule has 1 unspecified atom stereocenters. The standard InChI is InChI=1S/C7H12N2O4/c1-4(2)6(11)13-9(5(3)10)7(8)12/h5,10H,1H2,2-3H3,(H2,8,12). The number of rotatable bonds is 2. The van der Waals surface area contributed by atoms with Crippen LogP contribution in [0.4, 0.5) is 4.79 Å². The van der Waals surface area contributed by atoms with Crippen LogP contribution in [0, 0.1) is 0 Å². The molecule has 0 spiro atoms. The van der Waals surface area contributed by atoms with Gasteiger partial charge in [0.1, 0.15) is 0 Å². The van der Waals surface area contributed by atoms with E-state index in [9.17, 15) is 9.59 Å². The molecule has 0 aliphatic rings. The van der Waals surface area contributed by atoms with E-state index in [4.69, 9.17) is 10.8 Å². The quantitative estimate of drug-likeness (QED) is 0.354. The van der Waals surface area contributed by atoms with Crippen molar-refractivity contribution in [1.29, 1.82) is 0 Å². The van der Waals surface area contributed by atoms with Gasteiger partial charge in [-0.2, -0.15) is 0 Å². The zero-order valence-electron chi connectivity index (χ0n) is 7.48. The molecule has 0 aromatic heterocycles. The molecule has 0 aliphatic heterocycles. The highest BCUT2D eigenvalue weighted by atomic mass is 16.7. The van der Waals surface area contributed by atoms with E-state index < -0.39 is 18.2 Å². The van der Waals surface area contributed by atoms with Gasteiger partial charge in [-0.15, -0.1) is 5.06 Å². The molecular formula is C7H12N2O4. The SMILES string of the molecule is C=C(C)C(=O)ON(C(N)=O)C(C)O. The minimum atomic E-state index is -1.29. The molecule has 0 heterocycles. The Morgan fingerprint density at radius 2 is 2.08 bits per heavy atom. The molecule has 0 aliphatic carbocycles. The summed E-state index contributed by atoms with van der Waals surface area (Å²) in [7, 11) is 0. The second kappa shape index (κ2) is 4.46. The lowest BCUT2D eigenvalue weighted by Gasteiger charge is -2.21. The molecule has 74 valence electrons. The minimum absolute atomic E-state index is 0.104. The van der Waals surface area contributed by atoms with Crippen molar-refractivity contribution >= 4 is 12.0 Å². The number of carbonyl (C=O) groups excluding carboxylic acids is 2. The highest BCUT2D eigenvalue weighted by Gasteiger charge is 2.20. The summed E-state index contributed by atoms with van der Waals surface area (Å²) in [6, 6.07) is -1.05. The van der Waals surface area contributed by atoms with E-state index in [1.165, 1.54) is 13.8 Å². The average Bonchev–Trinajstić information content (AvgIpc) is 1.97. The van der Waals surface area contributed by atoms with E-state index in [0.717, 1.165) is 0 Å². The first-order chi connectivity index (χ1) is 5.86. The first-order valence-corrected chi connectivity index (χ1v) is 3.50. The highest BCUT2D eigenvalue weighted by Crippen LogP contribution is 2.01. The molecule has 0 radical (unpaired) electrons. The van der Waals surface area contributed by atoms with Crippen molar-refractivity contribution in [3.05, 3.63) is 12.2 Å². The molecule has 0 aromatic rings. The maximum atomic E-state index is 10.9.